The van der Waals surface area contributed by atoms with Crippen LogP contribution in [0, 0.1) is 0 Å². The quantitative estimate of drug-likeness (QED) is 0.636. The first-order valence-corrected chi connectivity index (χ1v) is 4.01. The van der Waals surface area contributed by atoms with E-state index in [-0.39, 0.29) is 12.0 Å². The molecule has 1 aromatic heterocycles. The van der Waals surface area contributed by atoms with E-state index in [1.807, 2.05) is 17.8 Å². The summed E-state index contributed by atoms with van der Waals surface area (Å²) in [5, 5.41) is 9.48. The molecule has 1 N–H and O–H groups in total. The van der Waals surface area contributed by atoms with E-state index < -0.39 is 0 Å². The fraction of sp³-hybridized carbons (Fsp3) is 0.625. The van der Waals surface area contributed by atoms with Gasteiger partial charge in [0, 0.05) is 13.2 Å². The van der Waals surface area contributed by atoms with E-state index in [1.54, 1.807) is 6.33 Å². The van der Waals surface area contributed by atoms with Crippen LogP contribution in [0.15, 0.2) is 12.5 Å². The van der Waals surface area contributed by atoms with Gasteiger partial charge in [0.1, 0.15) is 0 Å². The molecule has 1 aliphatic rings. The maximum Gasteiger partial charge on any atom is 0.0946 e. The fourth-order valence-corrected chi connectivity index (χ4v) is 1.45. The number of ether oxygens (including phenoxy) is 1. The normalized spacial score (nSPS) is 29.5. The van der Waals surface area contributed by atoms with Crippen molar-refractivity contribution < 1.29 is 9.84 Å². The molecule has 1 aromatic rings. The first-order valence-electron chi connectivity index (χ1n) is 4.01. The first-order chi connectivity index (χ1) is 5.77. The number of hydrogen-bond donors (Lipinski definition) is 1. The van der Waals surface area contributed by atoms with Crippen molar-refractivity contribution in [3.63, 3.8) is 0 Å². The SMILES string of the molecule is Cn1cnc([C@@H]2COC[C@H]2O)c1. The lowest BCUT2D eigenvalue weighted by Gasteiger charge is -2.07. The number of aliphatic hydroxyl groups is 1. The highest BCUT2D eigenvalue weighted by atomic mass is 16.5. The number of nitrogens with zero attached hydrogens (tertiary/aromatic N) is 2. The molecule has 0 amide bonds. The van der Waals surface area contributed by atoms with Crippen molar-refractivity contribution in [1.29, 1.82) is 0 Å². The maximum absolute atomic E-state index is 9.48. The van der Waals surface area contributed by atoms with Crippen LogP contribution in [0.2, 0.25) is 0 Å². The molecule has 1 saturated heterocycles. The van der Waals surface area contributed by atoms with Crippen molar-refractivity contribution in [3.05, 3.63) is 18.2 Å². The Morgan fingerprint density at radius 1 is 1.67 bits per heavy atom. The summed E-state index contributed by atoms with van der Waals surface area (Å²) in [5.41, 5.74) is 0.919. The minimum Gasteiger partial charge on any atom is -0.390 e. The van der Waals surface area contributed by atoms with Crippen LogP contribution in [0.1, 0.15) is 11.6 Å². The van der Waals surface area contributed by atoms with Crippen LogP contribution in [0.3, 0.4) is 0 Å². The molecule has 4 nitrogen and oxygen atoms in total. The van der Waals surface area contributed by atoms with Crippen molar-refractivity contribution in [2.75, 3.05) is 13.2 Å². The van der Waals surface area contributed by atoms with Crippen molar-refractivity contribution in [3.8, 4) is 0 Å². The molecule has 1 fully saturated rings. The molecule has 66 valence electrons. The predicted molar refractivity (Wildman–Crippen MR) is 42.8 cm³/mol. The molecule has 2 rings (SSSR count). The van der Waals surface area contributed by atoms with Gasteiger partial charge in [0.25, 0.3) is 0 Å². The van der Waals surface area contributed by atoms with Crippen molar-refractivity contribution in [2.45, 2.75) is 12.0 Å². The van der Waals surface area contributed by atoms with Gasteiger partial charge in [0.2, 0.25) is 0 Å². The second kappa shape index (κ2) is 2.88. The van der Waals surface area contributed by atoms with Gasteiger partial charge >= 0.3 is 0 Å². The lowest BCUT2D eigenvalue weighted by molar-refractivity contribution is 0.124. The number of hydrogen-bond acceptors (Lipinski definition) is 3. The largest absolute Gasteiger partial charge is 0.390 e. The number of aryl methyl sites for hydroxylation is 1. The maximum atomic E-state index is 9.48. The molecule has 4 heteroatoms. The molecule has 2 heterocycles. The molecule has 0 saturated carbocycles. The average molecular weight is 168 g/mol. The van der Waals surface area contributed by atoms with Crippen LogP contribution in [-0.4, -0.2) is 34.0 Å². The van der Waals surface area contributed by atoms with Gasteiger partial charge in [-0.3, -0.25) is 0 Å². The Balaban J connectivity index is 2.19. The van der Waals surface area contributed by atoms with Gasteiger partial charge in [-0.25, -0.2) is 4.98 Å². The van der Waals surface area contributed by atoms with E-state index in [0.717, 1.165) is 5.69 Å². The minimum absolute atomic E-state index is 0.0613. The van der Waals surface area contributed by atoms with Gasteiger partial charge in [-0.1, -0.05) is 0 Å². The van der Waals surface area contributed by atoms with Crippen LogP contribution in [0.5, 0.6) is 0 Å². The van der Waals surface area contributed by atoms with Gasteiger partial charge in [0.15, 0.2) is 0 Å². The molecule has 0 unspecified atom stereocenters. The molecule has 1 aliphatic heterocycles. The summed E-state index contributed by atoms with van der Waals surface area (Å²) in [6, 6.07) is 0. The van der Waals surface area contributed by atoms with E-state index in [4.69, 9.17) is 4.74 Å². The minimum atomic E-state index is -0.389. The molecule has 0 radical (unpaired) electrons. The Hall–Kier alpha value is -0.870. The Bertz CT molecular complexity index is 272. The zero-order valence-corrected chi connectivity index (χ0v) is 6.97. The number of aromatic nitrogens is 2. The van der Waals surface area contributed by atoms with Crippen LogP contribution in [0.25, 0.3) is 0 Å². The third-order valence-corrected chi connectivity index (χ3v) is 2.16. The Labute approximate surface area is 70.8 Å². The summed E-state index contributed by atoms with van der Waals surface area (Å²) < 4.78 is 7.01. The Morgan fingerprint density at radius 3 is 3.00 bits per heavy atom. The van der Waals surface area contributed by atoms with Crippen LogP contribution >= 0.6 is 0 Å². The van der Waals surface area contributed by atoms with Crippen molar-refractivity contribution in [2.24, 2.45) is 7.05 Å². The molecular formula is C8H12N2O2. The predicted octanol–water partition coefficient (Wildman–Crippen LogP) is -0.105. The summed E-state index contributed by atoms with van der Waals surface area (Å²) in [7, 11) is 1.92. The topological polar surface area (TPSA) is 47.3 Å². The first kappa shape index (κ1) is 7.76. The molecular weight excluding hydrogens is 156 g/mol. The fourth-order valence-electron chi connectivity index (χ4n) is 1.45. The molecule has 12 heavy (non-hydrogen) atoms. The number of rotatable bonds is 1. The molecule has 0 bridgehead atoms. The van der Waals surface area contributed by atoms with Crippen LogP contribution < -0.4 is 0 Å². The third kappa shape index (κ3) is 1.23. The third-order valence-electron chi connectivity index (χ3n) is 2.16. The molecule has 2 atom stereocenters. The van der Waals surface area contributed by atoms with Crippen LogP contribution in [0.4, 0.5) is 0 Å². The van der Waals surface area contributed by atoms with E-state index in [1.165, 1.54) is 0 Å². The zero-order chi connectivity index (χ0) is 8.55. The van der Waals surface area contributed by atoms with E-state index in [2.05, 4.69) is 4.98 Å². The smallest absolute Gasteiger partial charge is 0.0946 e. The molecule has 0 spiro atoms. The van der Waals surface area contributed by atoms with E-state index >= 15 is 0 Å². The lowest BCUT2D eigenvalue weighted by Crippen LogP contribution is -2.15. The van der Waals surface area contributed by atoms with Crippen molar-refractivity contribution >= 4 is 0 Å². The molecule has 0 aromatic carbocycles. The van der Waals surface area contributed by atoms with Crippen molar-refractivity contribution in [1.82, 2.24) is 9.55 Å². The molecule has 0 aliphatic carbocycles. The number of aliphatic hydroxyl groups excluding tert-OH is 1. The second-order valence-corrected chi connectivity index (χ2v) is 3.18. The van der Waals surface area contributed by atoms with E-state index in [9.17, 15) is 5.11 Å². The van der Waals surface area contributed by atoms with Gasteiger partial charge < -0.3 is 14.4 Å². The highest BCUT2D eigenvalue weighted by Gasteiger charge is 2.29. The summed E-state index contributed by atoms with van der Waals surface area (Å²) >= 11 is 0. The zero-order valence-electron chi connectivity index (χ0n) is 6.97. The average Bonchev–Trinajstić information content (AvgIpc) is 2.58. The van der Waals surface area contributed by atoms with E-state index in [0.29, 0.717) is 13.2 Å². The standard InChI is InChI=1S/C8H12N2O2/c1-10-2-7(9-5-10)6-3-12-4-8(6)11/h2,5-6,8,11H,3-4H2,1H3/t6-,8+/m0/s1. The second-order valence-electron chi connectivity index (χ2n) is 3.18. The number of imidazole rings is 1. The summed E-state index contributed by atoms with van der Waals surface area (Å²) in [6.07, 6.45) is 3.27. The lowest BCUT2D eigenvalue weighted by atomic mass is 10.0. The Morgan fingerprint density at radius 2 is 2.50 bits per heavy atom. The summed E-state index contributed by atoms with van der Waals surface area (Å²) in [5.74, 6) is 0.0613. The monoisotopic (exact) mass is 168 g/mol. The summed E-state index contributed by atoms with van der Waals surface area (Å²) in [4.78, 5) is 4.17. The summed E-state index contributed by atoms with van der Waals surface area (Å²) in [6.45, 7) is 1.01. The van der Waals surface area contributed by atoms with Gasteiger partial charge in [-0.2, -0.15) is 0 Å². The van der Waals surface area contributed by atoms with Gasteiger partial charge in [0.05, 0.1) is 37.3 Å². The van der Waals surface area contributed by atoms with Gasteiger partial charge in [-0.15, -0.1) is 0 Å². The van der Waals surface area contributed by atoms with Gasteiger partial charge in [-0.05, 0) is 0 Å². The van der Waals surface area contributed by atoms with Crippen LogP contribution in [-0.2, 0) is 11.8 Å². The highest BCUT2D eigenvalue weighted by Crippen LogP contribution is 2.23. The highest BCUT2D eigenvalue weighted by molar-refractivity contribution is 5.08. The Kier molecular flexibility index (Phi) is 1.86.